The van der Waals surface area contributed by atoms with Gasteiger partial charge < -0.3 is 0 Å². The molecule has 0 spiro atoms. The van der Waals surface area contributed by atoms with Crippen molar-refractivity contribution < 1.29 is 0 Å². The molecule has 0 amide bonds. The molecular weight excluding hydrogens is 480 g/mol. The summed E-state index contributed by atoms with van der Waals surface area (Å²) in [5.74, 6) is 0. The zero-order chi connectivity index (χ0) is 28.9. The zero-order valence-corrected chi connectivity index (χ0v) is 25.3. The Morgan fingerprint density at radius 2 is 1.18 bits per heavy atom. The van der Waals surface area contributed by atoms with E-state index in [1.807, 2.05) is 0 Å². The molecule has 0 fully saturated rings. The van der Waals surface area contributed by atoms with Crippen LogP contribution >= 0.6 is 0 Å². The molecule has 0 aliphatic heterocycles. The molecule has 40 heavy (non-hydrogen) atoms. The molecule has 0 saturated heterocycles. The summed E-state index contributed by atoms with van der Waals surface area (Å²) in [6, 6.07) is 28.1. The van der Waals surface area contributed by atoms with Gasteiger partial charge in [0.15, 0.2) is 0 Å². The van der Waals surface area contributed by atoms with E-state index in [9.17, 15) is 0 Å². The van der Waals surface area contributed by atoms with Gasteiger partial charge in [-0.25, -0.2) is 0 Å². The molecule has 204 valence electrons. The van der Waals surface area contributed by atoms with E-state index in [0.29, 0.717) is 0 Å². The first-order valence-corrected chi connectivity index (χ1v) is 14.3. The van der Waals surface area contributed by atoms with Gasteiger partial charge in [-0.15, -0.1) is 0 Å². The molecule has 0 atom stereocenters. The summed E-state index contributed by atoms with van der Waals surface area (Å²) in [5.41, 5.74) is 11.3. The molecule has 3 rings (SSSR count). The van der Waals surface area contributed by atoms with Crippen molar-refractivity contribution >= 4 is 22.8 Å². The van der Waals surface area contributed by atoms with Crippen LogP contribution in [-0.2, 0) is 0 Å². The van der Waals surface area contributed by atoms with Gasteiger partial charge in [-0.2, -0.15) is 0 Å². The fraction of sp³-hybridized carbons (Fsp3) is 0.200. The maximum atomic E-state index is 2.32. The van der Waals surface area contributed by atoms with E-state index in [1.54, 1.807) is 0 Å². The van der Waals surface area contributed by atoms with Crippen LogP contribution in [0.5, 0.6) is 0 Å². The van der Waals surface area contributed by atoms with Crippen molar-refractivity contribution in [1.29, 1.82) is 0 Å². The lowest BCUT2D eigenvalue weighted by molar-refractivity contribution is 1.23. The molecule has 0 bridgehead atoms. The van der Waals surface area contributed by atoms with Crippen molar-refractivity contribution in [3.8, 4) is 0 Å². The number of allylic oxidation sites excluding steroid dienone is 12. The van der Waals surface area contributed by atoms with E-state index in [-0.39, 0.29) is 0 Å². The molecule has 0 nitrogen and oxygen atoms in total. The summed E-state index contributed by atoms with van der Waals surface area (Å²) in [7, 11) is 0. The van der Waals surface area contributed by atoms with E-state index in [1.165, 1.54) is 60.6 Å². The van der Waals surface area contributed by atoms with Crippen molar-refractivity contribution in [2.24, 2.45) is 0 Å². The fourth-order valence-electron chi connectivity index (χ4n) is 4.49. The third-order valence-electron chi connectivity index (χ3n) is 7.33. The van der Waals surface area contributed by atoms with Gasteiger partial charge in [-0.1, -0.05) is 128 Å². The Bertz CT molecular complexity index is 1600. The standard InChI is InChI=1S/C40H44/c1-8-10-12-20-36-21-15-16-24-39(36)40(30(3)9-2)38-23-17-22-37(29-38)34(7)28-26-32(5)31(4)25-27-33(6)35-18-13-11-14-19-35/h9-29H,8H2,1-7H3/b12-10+,30-9+,31-25+,32-26+,33-27+,34-28+,36-20-,40-39+. The topological polar surface area (TPSA) is 0 Å². The van der Waals surface area contributed by atoms with E-state index in [2.05, 4.69) is 176 Å². The SMILES string of the molecule is C/C=C(C)/C(c1cccc(/C(C)=C/C=C(C)/C(C)=C/C=C(\C)c2ccccc2)c1)=c1/cccc/c1=C/C=C/CC. The van der Waals surface area contributed by atoms with Crippen LogP contribution in [0, 0.1) is 0 Å². The van der Waals surface area contributed by atoms with Gasteiger partial charge in [0.25, 0.3) is 0 Å². The van der Waals surface area contributed by atoms with Crippen LogP contribution < -0.4 is 10.4 Å². The van der Waals surface area contributed by atoms with Gasteiger partial charge >= 0.3 is 0 Å². The first-order chi connectivity index (χ1) is 19.3. The molecule has 0 aliphatic carbocycles. The Labute approximate surface area is 242 Å². The van der Waals surface area contributed by atoms with Gasteiger partial charge in [0.1, 0.15) is 0 Å². The van der Waals surface area contributed by atoms with Crippen LogP contribution in [0.1, 0.15) is 71.6 Å². The monoisotopic (exact) mass is 524 g/mol. The molecule has 0 saturated carbocycles. The minimum Gasteiger partial charge on any atom is -0.0848 e. The number of benzene rings is 3. The summed E-state index contributed by atoms with van der Waals surface area (Å²) < 4.78 is 0. The van der Waals surface area contributed by atoms with Crippen molar-refractivity contribution in [2.45, 2.75) is 54.9 Å². The van der Waals surface area contributed by atoms with E-state index >= 15 is 0 Å². The summed E-state index contributed by atoms with van der Waals surface area (Å²) in [6.07, 6.45) is 18.7. The highest BCUT2D eigenvalue weighted by atomic mass is 14.1. The first kappa shape index (κ1) is 30.4. The molecule has 0 heteroatoms. The Kier molecular flexibility index (Phi) is 11.7. The fourth-order valence-corrected chi connectivity index (χ4v) is 4.49. The van der Waals surface area contributed by atoms with Gasteiger partial charge in [-0.05, 0) is 115 Å². The van der Waals surface area contributed by atoms with Gasteiger partial charge in [0, 0.05) is 0 Å². The molecular formula is C40H44. The van der Waals surface area contributed by atoms with Crippen LogP contribution in [0.25, 0.3) is 22.8 Å². The Hall–Kier alpha value is -4.16. The highest BCUT2D eigenvalue weighted by molar-refractivity contribution is 5.80. The minimum atomic E-state index is 1.03. The summed E-state index contributed by atoms with van der Waals surface area (Å²) in [6.45, 7) is 15.2. The molecule has 0 N–H and O–H groups in total. The third-order valence-corrected chi connectivity index (χ3v) is 7.33. The van der Waals surface area contributed by atoms with Crippen molar-refractivity contribution in [3.63, 3.8) is 0 Å². The van der Waals surface area contributed by atoms with Crippen LogP contribution in [-0.4, -0.2) is 0 Å². The van der Waals surface area contributed by atoms with E-state index in [0.717, 1.165) is 6.42 Å². The van der Waals surface area contributed by atoms with Crippen molar-refractivity contribution in [3.05, 3.63) is 165 Å². The Morgan fingerprint density at radius 3 is 1.82 bits per heavy atom. The average Bonchev–Trinajstić information content (AvgIpc) is 2.99. The third kappa shape index (κ3) is 8.42. The summed E-state index contributed by atoms with van der Waals surface area (Å²) in [4.78, 5) is 0. The Morgan fingerprint density at radius 1 is 0.600 bits per heavy atom. The molecule has 0 aromatic heterocycles. The smallest absolute Gasteiger partial charge is 0.00792 e. The Balaban J connectivity index is 1.99. The normalized spacial score (nSPS) is 15.2. The van der Waals surface area contributed by atoms with Crippen LogP contribution in [0.15, 0.2) is 138 Å². The van der Waals surface area contributed by atoms with Crippen molar-refractivity contribution in [2.75, 3.05) is 0 Å². The molecule has 0 radical (unpaired) electrons. The largest absolute Gasteiger partial charge is 0.0848 e. The van der Waals surface area contributed by atoms with Crippen LogP contribution in [0.4, 0.5) is 0 Å². The first-order valence-electron chi connectivity index (χ1n) is 14.3. The second-order valence-electron chi connectivity index (χ2n) is 10.3. The minimum absolute atomic E-state index is 1.03. The quantitative estimate of drug-likeness (QED) is 0.244. The number of hydrogen-bond acceptors (Lipinski definition) is 0. The predicted molar refractivity (Wildman–Crippen MR) is 179 cm³/mol. The molecule has 3 aromatic carbocycles. The lowest BCUT2D eigenvalue weighted by Gasteiger charge is -2.12. The zero-order valence-electron chi connectivity index (χ0n) is 25.3. The van der Waals surface area contributed by atoms with Gasteiger partial charge in [0.05, 0.1) is 0 Å². The summed E-state index contributed by atoms with van der Waals surface area (Å²) >= 11 is 0. The lowest BCUT2D eigenvalue weighted by atomic mass is 9.92. The highest BCUT2D eigenvalue weighted by Gasteiger charge is 2.08. The van der Waals surface area contributed by atoms with Gasteiger partial charge in [-0.3, -0.25) is 0 Å². The van der Waals surface area contributed by atoms with E-state index in [4.69, 9.17) is 0 Å². The molecule has 0 heterocycles. The number of rotatable bonds is 9. The van der Waals surface area contributed by atoms with Gasteiger partial charge in [0.2, 0.25) is 0 Å². The number of hydrogen-bond donors (Lipinski definition) is 0. The molecule has 0 aliphatic rings. The maximum absolute atomic E-state index is 2.32. The molecule has 0 unspecified atom stereocenters. The predicted octanol–water partition coefficient (Wildman–Crippen LogP) is 10.00. The molecule has 3 aromatic rings. The highest BCUT2D eigenvalue weighted by Crippen LogP contribution is 2.24. The van der Waals surface area contributed by atoms with Crippen LogP contribution in [0.3, 0.4) is 0 Å². The second-order valence-corrected chi connectivity index (χ2v) is 10.3. The summed E-state index contributed by atoms with van der Waals surface area (Å²) in [5, 5.41) is 2.49. The van der Waals surface area contributed by atoms with Crippen LogP contribution in [0.2, 0.25) is 0 Å². The van der Waals surface area contributed by atoms with Crippen molar-refractivity contribution in [1.82, 2.24) is 0 Å². The average molecular weight is 525 g/mol. The van der Waals surface area contributed by atoms with E-state index < -0.39 is 0 Å². The lowest BCUT2D eigenvalue weighted by Crippen LogP contribution is -2.27. The maximum Gasteiger partial charge on any atom is -0.00792 e. The second kappa shape index (κ2) is 15.4.